The highest BCUT2D eigenvalue weighted by molar-refractivity contribution is 5.87. The van der Waals surface area contributed by atoms with Crippen LogP contribution in [0.3, 0.4) is 0 Å². The standard InChI is InChI=1S/C15H19NO4/c1-20-15(19)12-8-14(18)16(9-12)13(10-17)7-11-5-3-2-4-6-11/h2-6,12-13,17H,7-10H2,1H3/t12?,13-/m0/s1. The average Bonchev–Trinajstić information content (AvgIpc) is 2.87. The highest BCUT2D eigenvalue weighted by atomic mass is 16.5. The number of hydrogen-bond acceptors (Lipinski definition) is 4. The smallest absolute Gasteiger partial charge is 0.310 e. The van der Waals surface area contributed by atoms with Crippen molar-refractivity contribution in [3.05, 3.63) is 35.9 Å². The van der Waals surface area contributed by atoms with Crippen LogP contribution >= 0.6 is 0 Å². The molecule has 2 rings (SSSR count). The molecule has 1 aliphatic rings. The Bertz CT molecular complexity index is 474. The zero-order valence-electron chi connectivity index (χ0n) is 11.5. The molecule has 20 heavy (non-hydrogen) atoms. The van der Waals surface area contributed by atoms with Gasteiger partial charge in [0.05, 0.1) is 25.7 Å². The maximum absolute atomic E-state index is 12.0. The summed E-state index contributed by atoms with van der Waals surface area (Å²) in [5.74, 6) is -0.884. The lowest BCUT2D eigenvalue weighted by molar-refractivity contribution is -0.145. The molecule has 1 aromatic rings. The number of nitrogens with zero attached hydrogens (tertiary/aromatic N) is 1. The number of hydrogen-bond donors (Lipinski definition) is 1. The first-order chi connectivity index (χ1) is 9.65. The maximum Gasteiger partial charge on any atom is 0.310 e. The minimum absolute atomic E-state index is 0.101. The number of benzene rings is 1. The molecule has 1 heterocycles. The summed E-state index contributed by atoms with van der Waals surface area (Å²) in [7, 11) is 1.32. The summed E-state index contributed by atoms with van der Waals surface area (Å²) < 4.78 is 4.68. The van der Waals surface area contributed by atoms with E-state index in [1.165, 1.54) is 7.11 Å². The van der Waals surface area contributed by atoms with Gasteiger partial charge in [0.1, 0.15) is 0 Å². The average molecular weight is 277 g/mol. The molecule has 0 aromatic heterocycles. The van der Waals surface area contributed by atoms with E-state index >= 15 is 0 Å². The van der Waals surface area contributed by atoms with Crippen LogP contribution in [0.4, 0.5) is 0 Å². The molecular weight excluding hydrogens is 258 g/mol. The van der Waals surface area contributed by atoms with Gasteiger partial charge in [0.15, 0.2) is 0 Å². The number of amides is 1. The molecule has 0 spiro atoms. The second-order valence-corrected chi connectivity index (χ2v) is 5.00. The normalized spacial score (nSPS) is 20.0. The van der Waals surface area contributed by atoms with Crippen LogP contribution < -0.4 is 0 Å². The van der Waals surface area contributed by atoms with Crippen LogP contribution in [0.2, 0.25) is 0 Å². The van der Waals surface area contributed by atoms with Gasteiger partial charge in [0, 0.05) is 13.0 Å². The van der Waals surface area contributed by atoms with Crippen LogP contribution in [0.1, 0.15) is 12.0 Å². The van der Waals surface area contributed by atoms with Crippen molar-refractivity contribution >= 4 is 11.9 Å². The van der Waals surface area contributed by atoms with E-state index < -0.39 is 5.92 Å². The summed E-state index contributed by atoms with van der Waals surface area (Å²) in [5, 5.41) is 9.54. The van der Waals surface area contributed by atoms with Crippen molar-refractivity contribution in [1.82, 2.24) is 4.90 Å². The lowest BCUT2D eigenvalue weighted by atomic mass is 10.1. The van der Waals surface area contributed by atoms with E-state index in [9.17, 15) is 14.7 Å². The van der Waals surface area contributed by atoms with Crippen molar-refractivity contribution in [1.29, 1.82) is 0 Å². The Labute approximate surface area is 118 Å². The molecule has 1 unspecified atom stereocenters. The number of methoxy groups -OCH3 is 1. The van der Waals surface area contributed by atoms with Crippen LogP contribution in [0.25, 0.3) is 0 Å². The van der Waals surface area contributed by atoms with Gasteiger partial charge < -0.3 is 14.7 Å². The van der Waals surface area contributed by atoms with Gasteiger partial charge in [0.25, 0.3) is 0 Å². The number of rotatable bonds is 5. The summed E-state index contributed by atoms with van der Waals surface area (Å²) >= 11 is 0. The molecular formula is C15H19NO4. The minimum Gasteiger partial charge on any atom is -0.469 e. The Morgan fingerprint density at radius 2 is 2.15 bits per heavy atom. The van der Waals surface area contributed by atoms with Crippen LogP contribution in [0.15, 0.2) is 30.3 Å². The molecule has 1 fully saturated rings. The molecule has 0 saturated carbocycles. The first-order valence-corrected chi connectivity index (χ1v) is 6.67. The number of carbonyl (C=O) groups excluding carboxylic acids is 2. The van der Waals surface area contributed by atoms with Crippen LogP contribution in [-0.4, -0.2) is 48.2 Å². The Hall–Kier alpha value is -1.88. The van der Waals surface area contributed by atoms with E-state index in [1.807, 2.05) is 30.3 Å². The first-order valence-electron chi connectivity index (χ1n) is 6.67. The van der Waals surface area contributed by atoms with Crippen LogP contribution in [0, 0.1) is 5.92 Å². The molecule has 108 valence electrons. The predicted molar refractivity (Wildman–Crippen MR) is 72.9 cm³/mol. The van der Waals surface area contributed by atoms with E-state index in [0.29, 0.717) is 13.0 Å². The number of esters is 1. The lowest BCUT2D eigenvalue weighted by Gasteiger charge is -2.26. The highest BCUT2D eigenvalue weighted by Gasteiger charge is 2.38. The Balaban J connectivity index is 2.04. The Morgan fingerprint density at radius 3 is 2.75 bits per heavy atom. The topological polar surface area (TPSA) is 66.8 Å². The molecule has 5 heteroatoms. The third-order valence-corrected chi connectivity index (χ3v) is 3.66. The third-order valence-electron chi connectivity index (χ3n) is 3.66. The highest BCUT2D eigenvalue weighted by Crippen LogP contribution is 2.22. The molecule has 1 amide bonds. The van der Waals surface area contributed by atoms with Gasteiger partial charge in [-0.15, -0.1) is 0 Å². The number of aliphatic hydroxyl groups excluding tert-OH is 1. The summed E-state index contributed by atoms with van der Waals surface area (Å²) in [6, 6.07) is 9.40. The third kappa shape index (κ3) is 3.17. The van der Waals surface area contributed by atoms with Gasteiger partial charge in [-0.25, -0.2) is 0 Å². The van der Waals surface area contributed by atoms with Crippen molar-refractivity contribution in [3.63, 3.8) is 0 Å². The zero-order chi connectivity index (χ0) is 14.5. The molecule has 5 nitrogen and oxygen atoms in total. The van der Waals surface area contributed by atoms with Gasteiger partial charge in [-0.1, -0.05) is 30.3 Å². The fourth-order valence-corrected chi connectivity index (χ4v) is 2.57. The zero-order valence-corrected chi connectivity index (χ0v) is 11.5. The molecule has 1 aliphatic heterocycles. The van der Waals surface area contributed by atoms with Crippen molar-refractivity contribution in [2.24, 2.45) is 5.92 Å². The molecule has 0 radical (unpaired) electrons. The lowest BCUT2D eigenvalue weighted by Crippen LogP contribution is -2.41. The second kappa shape index (κ2) is 6.52. The van der Waals surface area contributed by atoms with E-state index in [-0.39, 0.29) is 30.9 Å². The van der Waals surface area contributed by atoms with Crippen LogP contribution in [-0.2, 0) is 20.7 Å². The number of likely N-dealkylation sites (tertiary alicyclic amines) is 1. The van der Waals surface area contributed by atoms with Gasteiger partial charge in [-0.2, -0.15) is 0 Å². The monoisotopic (exact) mass is 277 g/mol. The fourth-order valence-electron chi connectivity index (χ4n) is 2.57. The van der Waals surface area contributed by atoms with Gasteiger partial charge in [-0.05, 0) is 12.0 Å². The van der Waals surface area contributed by atoms with Crippen molar-refractivity contribution in [3.8, 4) is 0 Å². The van der Waals surface area contributed by atoms with Crippen molar-refractivity contribution in [2.75, 3.05) is 20.3 Å². The number of aliphatic hydroxyl groups is 1. The van der Waals surface area contributed by atoms with Gasteiger partial charge >= 0.3 is 5.97 Å². The van der Waals surface area contributed by atoms with E-state index in [1.54, 1.807) is 4.90 Å². The fraction of sp³-hybridized carbons (Fsp3) is 0.467. The van der Waals surface area contributed by atoms with Crippen molar-refractivity contribution in [2.45, 2.75) is 18.9 Å². The van der Waals surface area contributed by atoms with E-state index in [4.69, 9.17) is 0 Å². The van der Waals surface area contributed by atoms with Crippen molar-refractivity contribution < 1.29 is 19.4 Å². The van der Waals surface area contributed by atoms with E-state index in [2.05, 4.69) is 4.74 Å². The molecule has 0 aliphatic carbocycles. The quantitative estimate of drug-likeness (QED) is 0.801. The maximum atomic E-state index is 12.0. The summed E-state index contributed by atoms with van der Waals surface area (Å²) in [5.41, 5.74) is 1.06. The number of carbonyl (C=O) groups is 2. The van der Waals surface area contributed by atoms with Gasteiger partial charge in [0.2, 0.25) is 5.91 Å². The molecule has 1 N–H and O–H groups in total. The Morgan fingerprint density at radius 1 is 1.45 bits per heavy atom. The second-order valence-electron chi connectivity index (χ2n) is 5.00. The minimum atomic E-state index is -0.419. The molecule has 1 saturated heterocycles. The predicted octanol–water partition coefficient (Wildman–Crippen LogP) is 0.611. The summed E-state index contributed by atoms with van der Waals surface area (Å²) in [6.07, 6.45) is 0.745. The SMILES string of the molecule is COC(=O)C1CC(=O)N([C@H](CO)Cc2ccccc2)C1. The van der Waals surface area contributed by atoms with Gasteiger partial charge in [-0.3, -0.25) is 9.59 Å². The van der Waals surface area contributed by atoms with Crippen LogP contribution in [0.5, 0.6) is 0 Å². The first kappa shape index (κ1) is 14.5. The number of ether oxygens (including phenoxy) is 1. The Kier molecular flexibility index (Phi) is 4.74. The molecule has 0 bridgehead atoms. The largest absolute Gasteiger partial charge is 0.469 e. The van der Waals surface area contributed by atoms with E-state index in [0.717, 1.165) is 5.56 Å². The summed E-state index contributed by atoms with van der Waals surface area (Å²) in [4.78, 5) is 25.1. The molecule has 1 aromatic carbocycles. The summed E-state index contributed by atoms with van der Waals surface area (Å²) in [6.45, 7) is 0.206. The molecule has 2 atom stereocenters.